The monoisotopic (exact) mass is 644 g/mol. The predicted octanol–water partition coefficient (Wildman–Crippen LogP) is 5.97. The van der Waals surface area contributed by atoms with Gasteiger partial charge in [-0.05, 0) is 54.5 Å². The van der Waals surface area contributed by atoms with Crippen LogP contribution in [0.25, 0.3) is 11.0 Å². The van der Waals surface area contributed by atoms with Crippen molar-refractivity contribution in [3.8, 4) is 0 Å². The molecule has 0 bridgehead atoms. The van der Waals surface area contributed by atoms with E-state index in [0.717, 1.165) is 28.4 Å². The van der Waals surface area contributed by atoms with Crippen molar-refractivity contribution in [2.24, 2.45) is 0 Å². The number of ether oxygens (including phenoxy) is 1. The molecular formula is C34H36N4O5S2. The first-order valence-corrected chi connectivity index (χ1v) is 17.4. The summed E-state index contributed by atoms with van der Waals surface area (Å²) in [7, 11) is -4.04. The molecule has 1 unspecified atom stereocenters. The van der Waals surface area contributed by atoms with E-state index in [1.807, 2.05) is 36.4 Å². The number of para-hydroxylation sites is 2. The van der Waals surface area contributed by atoms with E-state index >= 15 is 0 Å². The van der Waals surface area contributed by atoms with Crippen LogP contribution in [0.3, 0.4) is 0 Å². The number of amides is 1. The largest absolute Gasteiger partial charge is 0.448 e. The molecule has 6 rings (SSSR count). The summed E-state index contributed by atoms with van der Waals surface area (Å²) in [6.07, 6.45) is 0.632. The van der Waals surface area contributed by atoms with Crippen molar-refractivity contribution in [2.45, 2.75) is 49.1 Å². The van der Waals surface area contributed by atoms with Gasteiger partial charge in [0.05, 0.1) is 11.0 Å². The summed E-state index contributed by atoms with van der Waals surface area (Å²) in [4.78, 5) is 30.8. The molecule has 9 nitrogen and oxygen atoms in total. The lowest BCUT2D eigenvalue weighted by Gasteiger charge is -2.33. The quantitative estimate of drug-likeness (QED) is 0.186. The van der Waals surface area contributed by atoms with Crippen LogP contribution in [-0.2, 0) is 27.8 Å². The number of piperidine rings is 1. The first-order chi connectivity index (χ1) is 21.8. The first-order valence-electron chi connectivity index (χ1n) is 15.1. The van der Waals surface area contributed by atoms with Crippen molar-refractivity contribution >= 4 is 38.5 Å². The van der Waals surface area contributed by atoms with Gasteiger partial charge in [-0.25, -0.2) is 9.59 Å². The fourth-order valence-electron chi connectivity index (χ4n) is 5.93. The second-order valence-electron chi connectivity index (χ2n) is 11.4. The summed E-state index contributed by atoms with van der Waals surface area (Å²) in [6, 6.07) is 30.3. The first kappa shape index (κ1) is 30.8. The Kier molecular flexibility index (Phi) is 9.20. The molecule has 1 aliphatic rings. The number of carbonyl (C=O) groups is 1. The van der Waals surface area contributed by atoms with E-state index in [4.69, 9.17) is 4.74 Å². The third-order valence-electron chi connectivity index (χ3n) is 8.35. The topological polar surface area (TPSA) is 93.8 Å². The normalized spacial score (nSPS) is 15.0. The zero-order valence-electron chi connectivity index (χ0n) is 25.1. The molecule has 1 saturated heterocycles. The minimum atomic E-state index is -4.04. The van der Waals surface area contributed by atoms with E-state index < -0.39 is 15.7 Å². The average molecular weight is 645 g/mol. The molecule has 5 aromatic rings. The molecule has 11 heteroatoms. The van der Waals surface area contributed by atoms with Crippen molar-refractivity contribution in [2.75, 3.05) is 19.7 Å². The summed E-state index contributed by atoms with van der Waals surface area (Å²) in [6.45, 7) is 4.57. The third-order valence-corrected chi connectivity index (χ3v) is 11.4. The van der Waals surface area contributed by atoms with Crippen molar-refractivity contribution in [1.82, 2.24) is 18.3 Å². The molecule has 0 N–H and O–H groups in total. The number of aromatic nitrogens is 2. The molecule has 1 fully saturated rings. The summed E-state index contributed by atoms with van der Waals surface area (Å²) in [5, 5.41) is 1.68. The fraction of sp³-hybridized carbons (Fsp3) is 0.294. The number of nitrogens with zero attached hydrogens (tertiary/aromatic N) is 4. The van der Waals surface area contributed by atoms with Crippen LogP contribution < -0.4 is 5.69 Å². The van der Waals surface area contributed by atoms with Crippen LogP contribution in [-0.4, -0.2) is 58.6 Å². The van der Waals surface area contributed by atoms with Crippen LogP contribution in [0.5, 0.6) is 0 Å². The molecule has 234 valence electrons. The van der Waals surface area contributed by atoms with Crippen molar-refractivity contribution in [3.63, 3.8) is 0 Å². The summed E-state index contributed by atoms with van der Waals surface area (Å²) in [5.74, 6) is 0. The predicted molar refractivity (Wildman–Crippen MR) is 176 cm³/mol. The number of imidazole rings is 1. The van der Waals surface area contributed by atoms with Gasteiger partial charge in [0.1, 0.15) is 10.8 Å². The van der Waals surface area contributed by atoms with E-state index in [2.05, 4.69) is 36.1 Å². The van der Waals surface area contributed by atoms with Gasteiger partial charge in [-0.2, -0.15) is 12.4 Å². The molecule has 1 amide bonds. The van der Waals surface area contributed by atoms with E-state index in [1.54, 1.807) is 45.2 Å². The fourth-order valence-corrected chi connectivity index (χ4v) is 8.39. The number of likely N-dealkylation sites (tertiary alicyclic amines) is 1. The smallest absolute Gasteiger partial charge is 0.409 e. The Balaban J connectivity index is 1.12. The number of fused-ring (bicyclic) bond motifs is 1. The minimum absolute atomic E-state index is 0.0260. The molecule has 0 spiro atoms. The molecular weight excluding hydrogens is 609 g/mol. The standard InChI is InChI=1S/C34H36N4O5S2/c1-26(36(23-27-11-4-2-5-12-27)24-28-13-6-3-7-14-28)25-43-34(40)35-20-18-29(19-21-35)37-30-15-8-9-16-31(30)38(33(37)39)45(41,42)32-17-10-22-44-32/h2-17,22,26,29H,18-21,23-25H2,1H3. The maximum atomic E-state index is 13.7. The lowest BCUT2D eigenvalue weighted by atomic mass is 10.0. The van der Waals surface area contributed by atoms with E-state index in [9.17, 15) is 18.0 Å². The highest BCUT2D eigenvalue weighted by Crippen LogP contribution is 2.29. The molecule has 1 atom stereocenters. The molecule has 0 saturated carbocycles. The summed E-state index contributed by atoms with van der Waals surface area (Å²) >= 11 is 1.08. The van der Waals surface area contributed by atoms with Gasteiger partial charge < -0.3 is 9.64 Å². The Hall–Kier alpha value is -4.19. The second-order valence-corrected chi connectivity index (χ2v) is 14.3. The molecule has 3 heterocycles. The van der Waals surface area contributed by atoms with E-state index in [-0.39, 0.29) is 29.0 Å². The van der Waals surface area contributed by atoms with Crippen LogP contribution in [0, 0.1) is 0 Å². The second kappa shape index (κ2) is 13.4. The highest BCUT2D eigenvalue weighted by molar-refractivity contribution is 7.92. The maximum Gasteiger partial charge on any atom is 0.409 e. The average Bonchev–Trinajstić information content (AvgIpc) is 3.71. The van der Waals surface area contributed by atoms with Gasteiger partial charge in [0.15, 0.2) is 0 Å². The van der Waals surface area contributed by atoms with Crippen molar-refractivity contribution < 1.29 is 17.9 Å². The van der Waals surface area contributed by atoms with E-state index in [0.29, 0.717) is 37.0 Å². The molecule has 2 aromatic heterocycles. The van der Waals surface area contributed by atoms with Crippen molar-refractivity contribution in [3.05, 3.63) is 124 Å². The van der Waals surface area contributed by atoms with Gasteiger partial charge in [0, 0.05) is 38.3 Å². The van der Waals surface area contributed by atoms with Crippen LogP contribution in [0.4, 0.5) is 4.79 Å². The van der Waals surface area contributed by atoms with Gasteiger partial charge in [0.2, 0.25) is 0 Å². The zero-order valence-corrected chi connectivity index (χ0v) is 26.7. The molecule has 0 aliphatic carbocycles. The molecule has 3 aromatic carbocycles. The lowest BCUT2D eigenvalue weighted by Crippen LogP contribution is -2.43. The Morgan fingerprint density at radius 2 is 1.44 bits per heavy atom. The molecule has 45 heavy (non-hydrogen) atoms. The summed E-state index contributed by atoms with van der Waals surface area (Å²) < 4.78 is 35.3. The SMILES string of the molecule is CC(COC(=O)N1CCC(n2c(=O)n(S(=O)(=O)c3cccs3)c3ccccc32)CC1)N(Cc1ccccc1)Cc1ccccc1. The Labute approximate surface area is 266 Å². The number of rotatable bonds is 10. The number of carbonyl (C=O) groups excluding carboxylic acids is 1. The highest BCUT2D eigenvalue weighted by atomic mass is 32.2. The third kappa shape index (κ3) is 6.61. The highest BCUT2D eigenvalue weighted by Gasteiger charge is 2.32. The molecule has 0 radical (unpaired) electrons. The molecule has 1 aliphatic heterocycles. The van der Waals surface area contributed by atoms with Gasteiger partial charge >= 0.3 is 11.8 Å². The van der Waals surface area contributed by atoms with Crippen molar-refractivity contribution in [1.29, 1.82) is 0 Å². The number of benzene rings is 3. The van der Waals surface area contributed by atoms with Gasteiger partial charge in [-0.1, -0.05) is 78.9 Å². The summed E-state index contributed by atoms with van der Waals surface area (Å²) in [5.41, 5.74) is 2.70. The number of hydrogen-bond acceptors (Lipinski definition) is 7. The lowest BCUT2D eigenvalue weighted by molar-refractivity contribution is 0.0567. The Bertz CT molecular complexity index is 1860. The number of hydrogen-bond donors (Lipinski definition) is 0. The van der Waals surface area contributed by atoms with E-state index in [1.165, 1.54) is 17.2 Å². The minimum Gasteiger partial charge on any atom is -0.448 e. The van der Waals surface area contributed by atoms with Crippen LogP contribution in [0.2, 0.25) is 0 Å². The van der Waals surface area contributed by atoms with Crippen LogP contribution >= 0.6 is 11.3 Å². The van der Waals surface area contributed by atoms with Gasteiger partial charge in [-0.15, -0.1) is 11.3 Å². The van der Waals surface area contributed by atoms with Crippen LogP contribution in [0.1, 0.15) is 36.9 Å². The zero-order chi connectivity index (χ0) is 31.4. The van der Waals surface area contributed by atoms with Gasteiger partial charge in [-0.3, -0.25) is 9.47 Å². The Morgan fingerprint density at radius 3 is 2.02 bits per heavy atom. The number of thiophene rings is 1. The Morgan fingerprint density at radius 1 is 0.867 bits per heavy atom. The van der Waals surface area contributed by atoms with Crippen LogP contribution in [0.15, 0.2) is 111 Å². The maximum absolute atomic E-state index is 13.7. The van der Waals surface area contributed by atoms with Gasteiger partial charge in [0.25, 0.3) is 10.0 Å².